The van der Waals surface area contributed by atoms with Gasteiger partial charge in [0.1, 0.15) is 0 Å². The molecule has 0 heterocycles. The van der Waals surface area contributed by atoms with Gasteiger partial charge in [-0.2, -0.15) is 8.42 Å². The van der Waals surface area contributed by atoms with Crippen LogP contribution in [0.1, 0.15) is 40.0 Å². The minimum absolute atomic E-state index is 0.196. The molecule has 2 unspecified atom stereocenters. The smallest absolute Gasteiger partial charge is 0.266 e. The summed E-state index contributed by atoms with van der Waals surface area (Å²) in [6, 6.07) is 0.375. The zero-order valence-electron chi connectivity index (χ0n) is 10.4. The van der Waals surface area contributed by atoms with E-state index in [4.69, 9.17) is 4.55 Å². The van der Waals surface area contributed by atoms with Crippen LogP contribution in [0.2, 0.25) is 0 Å². The fourth-order valence-corrected chi connectivity index (χ4v) is 3.27. The summed E-state index contributed by atoms with van der Waals surface area (Å²) in [5, 5.41) is 3.22. The van der Waals surface area contributed by atoms with E-state index in [9.17, 15) is 8.42 Å². The molecule has 0 aliphatic heterocycles. The Hall–Kier alpha value is -0.130. The summed E-state index contributed by atoms with van der Waals surface area (Å²) < 4.78 is 29.8. The SMILES string of the molecule is CC1CC(NCCS(=O)(=O)O)CC(C)(C)C1. The summed E-state index contributed by atoms with van der Waals surface area (Å²) in [6.07, 6.45) is 3.39. The summed E-state index contributed by atoms with van der Waals surface area (Å²) in [4.78, 5) is 0. The van der Waals surface area contributed by atoms with Crippen LogP contribution in [0.15, 0.2) is 0 Å². The van der Waals surface area contributed by atoms with Gasteiger partial charge in [-0.15, -0.1) is 0 Å². The van der Waals surface area contributed by atoms with E-state index in [-0.39, 0.29) is 5.75 Å². The molecule has 0 spiro atoms. The first-order chi connectivity index (χ1) is 7.18. The Morgan fingerprint density at radius 1 is 1.38 bits per heavy atom. The predicted octanol–water partition coefficient (Wildman–Crippen LogP) is 1.68. The van der Waals surface area contributed by atoms with Crippen LogP contribution in [0.3, 0.4) is 0 Å². The first-order valence-electron chi connectivity index (χ1n) is 5.86. The van der Waals surface area contributed by atoms with Crippen LogP contribution in [-0.4, -0.2) is 31.3 Å². The van der Waals surface area contributed by atoms with E-state index < -0.39 is 10.1 Å². The van der Waals surface area contributed by atoms with Crippen LogP contribution in [0.4, 0.5) is 0 Å². The second kappa shape index (κ2) is 5.02. The number of hydrogen-bond acceptors (Lipinski definition) is 3. The topological polar surface area (TPSA) is 66.4 Å². The van der Waals surface area contributed by atoms with Crippen LogP contribution in [0, 0.1) is 11.3 Å². The standard InChI is InChI=1S/C11H23NO3S/c1-9-6-10(8-11(2,3)7-9)12-4-5-16(13,14)15/h9-10,12H,4-8H2,1-3H3,(H,13,14,15). The fraction of sp³-hybridized carbons (Fsp3) is 1.00. The highest BCUT2D eigenvalue weighted by Crippen LogP contribution is 2.38. The zero-order chi connectivity index (χ0) is 12.4. The van der Waals surface area contributed by atoms with E-state index in [0.717, 1.165) is 12.8 Å². The first-order valence-corrected chi connectivity index (χ1v) is 7.47. The Morgan fingerprint density at radius 3 is 2.50 bits per heavy atom. The van der Waals surface area contributed by atoms with Crippen molar-refractivity contribution in [1.82, 2.24) is 5.32 Å². The lowest BCUT2D eigenvalue weighted by Crippen LogP contribution is -2.41. The summed E-state index contributed by atoms with van der Waals surface area (Å²) >= 11 is 0. The number of hydrogen-bond donors (Lipinski definition) is 2. The Labute approximate surface area is 98.6 Å². The van der Waals surface area contributed by atoms with Gasteiger partial charge in [-0.1, -0.05) is 20.8 Å². The van der Waals surface area contributed by atoms with Crippen molar-refractivity contribution in [2.75, 3.05) is 12.3 Å². The highest BCUT2D eigenvalue weighted by molar-refractivity contribution is 7.85. The maximum absolute atomic E-state index is 10.6. The highest BCUT2D eigenvalue weighted by atomic mass is 32.2. The Bertz CT molecular complexity index is 324. The van der Waals surface area contributed by atoms with E-state index in [0.29, 0.717) is 23.9 Å². The molecule has 0 aromatic rings. The lowest BCUT2D eigenvalue weighted by atomic mass is 9.70. The monoisotopic (exact) mass is 249 g/mol. The molecule has 2 atom stereocenters. The molecular weight excluding hydrogens is 226 g/mol. The van der Waals surface area contributed by atoms with Crippen molar-refractivity contribution in [3.05, 3.63) is 0 Å². The van der Waals surface area contributed by atoms with Gasteiger partial charge in [-0.3, -0.25) is 4.55 Å². The highest BCUT2D eigenvalue weighted by Gasteiger charge is 2.31. The van der Waals surface area contributed by atoms with Crippen molar-refractivity contribution in [1.29, 1.82) is 0 Å². The molecule has 1 fully saturated rings. The molecule has 0 saturated heterocycles. The van der Waals surface area contributed by atoms with Gasteiger partial charge in [-0.25, -0.2) is 0 Å². The van der Waals surface area contributed by atoms with Gasteiger partial charge in [0, 0.05) is 12.6 Å². The van der Waals surface area contributed by atoms with Gasteiger partial charge in [-0.05, 0) is 30.6 Å². The van der Waals surface area contributed by atoms with Crippen LogP contribution in [0.25, 0.3) is 0 Å². The lowest BCUT2D eigenvalue weighted by Gasteiger charge is -2.39. The van der Waals surface area contributed by atoms with Gasteiger partial charge < -0.3 is 5.32 Å². The van der Waals surface area contributed by atoms with Gasteiger partial charge in [0.25, 0.3) is 10.1 Å². The number of nitrogens with one attached hydrogen (secondary N) is 1. The minimum Gasteiger partial charge on any atom is -0.313 e. The minimum atomic E-state index is -3.83. The Balaban J connectivity index is 2.37. The van der Waals surface area contributed by atoms with Gasteiger partial charge in [0.15, 0.2) is 0 Å². The van der Waals surface area contributed by atoms with E-state index in [1.807, 2.05) is 0 Å². The maximum Gasteiger partial charge on any atom is 0.266 e. The van der Waals surface area contributed by atoms with Crippen molar-refractivity contribution in [3.63, 3.8) is 0 Å². The maximum atomic E-state index is 10.6. The second-order valence-corrected chi connectivity index (χ2v) is 7.42. The van der Waals surface area contributed by atoms with Crippen LogP contribution >= 0.6 is 0 Å². The zero-order valence-corrected chi connectivity index (χ0v) is 11.2. The van der Waals surface area contributed by atoms with Crippen molar-refractivity contribution in [2.45, 2.75) is 46.1 Å². The van der Waals surface area contributed by atoms with Crippen molar-refractivity contribution >= 4 is 10.1 Å². The molecule has 0 amide bonds. The van der Waals surface area contributed by atoms with Crippen molar-refractivity contribution < 1.29 is 13.0 Å². The molecular formula is C11H23NO3S. The van der Waals surface area contributed by atoms with E-state index in [1.54, 1.807) is 0 Å². The molecule has 1 aliphatic carbocycles. The third kappa shape index (κ3) is 5.27. The van der Waals surface area contributed by atoms with Gasteiger partial charge >= 0.3 is 0 Å². The second-order valence-electron chi connectivity index (χ2n) is 5.85. The quantitative estimate of drug-likeness (QED) is 0.744. The van der Waals surface area contributed by atoms with Crippen molar-refractivity contribution in [2.24, 2.45) is 11.3 Å². The fourth-order valence-electron chi connectivity index (χ4n) is 2.89. The van der Waals surface area contributed by atoms with E-state index in [2.05, 4.69) is 26.1 Å². The third-order valence-corrected chi connectivity index (χ3v) is 3.90. The molecule has 0 aromatic carbocycles. The molecule has 1 saturated carbocycles. The van der Waals surface area contributed by atoms with Gasteiger partial charge in [0.2, 0.25) is 0 Å². The van der Waals surface area contributed by atoms with E-state index in [1.165, 1.54) is 6.42 Å². The summed E-state index contributed by atoms with van der Waals surface area (Å²) in [7, 11) is -3.83. The normalized spacial score (nSPS) is 30.2. The molecule has 0 radical (unpaired) electrons. The molecule has 0 bridgehead atoms. The molecule has 4 nitrogen and oxygen atoms in total. The molecule has 2 N–H and O–H groups in total. The Morgan fingerprint density at radius 2 is 2.00 bits per heavy atom. The molecule has 5 heteroatoms. The van der Waals surface area contributed by atoms with Crippen molar-refractivity contribution in [3.8, 4) is 0 Å². The van der Waals surface area contributed by atoms with Crippen LogP contribution < -0.4 is 5.32 Å². The lowest BCUT2D eigenvalue weighted by molar-refractivity contribution is 0.153. The molecule has 16 heavy (non-hydrogen) atoms. The largest absolute Gasteiger partial charge is 0.313 e. The summed E-state index contributed by atoms with van der Waals surface area (Å²) in [5.41, 5.74) is 0.327. The summed E-state index contributed by atoms with van der Waals surface area (Å²) in [6.45, 7) is 7.07. The molecule has 1 aliphatic rings. The average molecular weight is 249 g/mol. The van der Waals surface area contributed by atoms with Gasteiger partial charge in [0.05, 0.1) is 5.75 Å². The Kier molecular flexibility index (Phi) is 4.37. The van der Waals surface area contributed by atoms with Crippen LogP contribution in [-0.2, 0) is 10.1 Å². The average Bonchev–Trinajstić information content (AvgIpc) is 1.96. The first kappa shape index (κ1) is 13.9. The number of rotatable bonds is 4. The van der Waals surface area contributed by atoms with E-state index >= 15 is 0 Å². The van der Waals surface area contributed by atoms with Crippen LogP contribution in [0.5, 0.6) is 0 Å². The molecule has 1 rings (SSSR count). The third-order valence-electron chi connectivity index (χ3n) is 3.18. The molecule has 96 valence electrons. The predicted molar refractivity (Wildman–Crippen MR) is 65.0 cm³/mol. The summed E-state index contributed by atoms with van der Waals surface area (Å²) in [5.74, 6) is 0.477. The molecule has 0 aromatic heterocycles.